The minimum absolute atomic E-state index is 0.0493. The van der Waals surface area contributed by atoms with Gasteiger partial charge in [0.2, 0.25) is 10.0 Å². The minimum Gasteiger partial charge on any atom is -0.497 e. The largest absolute Gasteiger partial charge is 0.497 e. The Balaban J connectivity index is 1.99. The van der Waals surface area contributed by atoms with Crippen LogP contribution in [-0.4, -0.2) is 46.7 Å². The van der Waals surface area contributed by atoms with Crippen LogP contribution in [0.2, 0.25) is 5.02 Å². The summed E-state index contributed by atoms with van der Waals surface area (Å²) in [7, 11) is -1.10. The fraction of sp³-hybridized carbons (Fsp3) is 0.300. The monoisotopic (exact) mass is 470 g/mol. The van der Waals surface area contributed by atoms with E-state index in [2.05, 4.69) is 10.0 Å². The number of methoxy groups -OCH3 is 2. The number of amides is 1. The second-order valence-corrected chi connectivity index (χ2v) is 8.58. The normalized spacial score (nSPS) is 13.1. The van der Waals surface area contributed by atoms with Crippen molar-refractivity contribution in [3.63, 3.8) is 0 Å². The maximum absolute atomic E-state index is 12.4. The third-order valence-corrected chi connectivity index (χ3v) is 5.93. The highest BCUT2D eigenvalue weighted by Gasteiger charge is 2.27. The van der Waals surface area contributed by atoms with E-state index in [1.807, 2.05) is 0 Å². The Morgan fingerprint density at radius 3 is 2.23 bits per heavy atom. The van der Waals surface area contributed by atoms with Gasteiger partial charge >= 0.3 is 5.97 Å². The van der Waals surface area contributed by atoms with Gasteiger partial charge in [-0.1, -0.05) is 11.6 Å². The molecule has 0 saturated heterocycles. The second-order valence-electron chi connectivity index (χ2n) is 6.43. The Morgan fingerprint density at radius 1 is 1.00 bits per heavy atom. The molecule has 0 saturated carbocycles. The highest BCUT2D eigenvalue weighted by Crippen LogP contribution is 2.27. The Hall–Kier alpha value is -2.82. The summed E-state index contributed by atoms with van der Waals surface area (Å²) in [5, 5.41) is 2.93. The molecule has 2 aromatic carbocycles. The van der Waals surface area contributed by atoms with Crippen molar-refractivity contribution in [1.29, 1.82) is 0 Å². The lowest BCUT2D eigenvalue weighted by atomic mass is 10.2. The highest BCUT2D eigenvalue weighted by atomic mass is 35.5. The molecule has 0 aliphatic carbocycles. The van der Waals surface area contributed by atoms with Gasteiger partial charge in [0.15, 0.2) is 6.10 Å². The maximum Gasteiger partial charge on any atom is 0.324 e. The Labute approximate surface area is 185 Å². The number of carbonyl (C=O) groups is 2. The van der Waals surface area contributed by atoms with Crippen molar-refractivity contribution in [3.8, 4) is 11.5 Å². The summed E-state index contributed by atoms with van der Waals surface area (Å²) in [6.07, 6.45) is -1.20. The number of nitrogens with one attached hydrogen (secondary N) is 2. The first-order valence-corrected chi connectivity index (χ1v) is 10.9. The zero-order valence-corrected chi connectivity index (χ0v) is 18.9. The molecule has 1 amide bonds. The number of halogens is 1. The van der Waals surface area contributed by atoms with Crippen molar-refractivity contribution in [2.45, 2.75) is 30.9 Å². The Bertz CT molecular complexity index is 1040. The first-order valence-electron chi connectivity index (χ1n) is 9.08. The number of hydrogen-bond acceptors (Lipinski definition) is 7. The molecule has 168 valence electrons. The zero-order valence-electron chi connectivity index (χ0n) is 17.3. The summed E-state index contributed by atoms with van der Waals surface area (Å²) in [6, 6.07) is 9.06. The van der Waals surface area contributed by atoms with E-state index in [0.29, 0.717) is 22.2 Å². The first kappa shape index (κ1) is 24.4. The molecule has 9 nitrogen and oxygen atoms in total. The molecule has 2 atom stereocenters. The molecule has 0 bridgehead atoms. The van der Waals surface area contributed by atoms with Crippen LogP contribution in [0, 0.1) is 0 Å². The summed E-state index contributed by atoms with van der Waals surface area (Å²) >= 11 is 5.93. The lowest BCUT2D eigenvalue weighted by molar-refractivity contribution is -0.154. The lowest BCUT2D eigenvalue weighted by Gasteiger charge is -2.18. The molecule has 0 radical (unpaired) electrons. The summed E-state index contributed by atoms with van der Waals surface area (Å²) in [4.78, 5) is 24.6. The van der Waals surface area contributed by atoms with E-state index in [-0.39, 0.29) is 4.90 Å². The molecule has 2 rings (SSSR count). The van der Waals surface area contributed by atoms with Crippen LogP contribution in [0.3, 0.4) is 0 Å². The van der Waals surface area contributed by atoms with Crippen LogP contribution in [0.15, 0.2) is 47.4 Å². The van der Waals surface area contributed by atoms with Gasteiger partial charge in [-0.15, -0.1) is 0 Å². The van der Waals surface area contributed by atoms with E-state index >= 15 is 0 Å². The van der Waals surface area contributed by atoms with Crippen molar-refractivity contribution in [2.24, 2.45) is 0 Å². The fourth-order valence-electron chi connectivity index (χ4n) is 2.45. The van der Waals surface area contributed by atoms with Crippen molar-refractivity contribution in [3.05, 3.63) is 47.5 Å². The number of ether oxygens (including phenoxy) is 3. The Morgan fingerprint density at radius 2 is 1.65 bits per heavy atom. The molecule has 0 heterocycles. The summed E-state index contributed by atoms with van der Waals surface area (Å²) in [6.45, 7) is 2.67. The Kier molecular flexibility index (Phi) is 8.26. The maximum atomic E-state index is 12.4. The van der Waals surface area contributed by atoms with E-state index in [0.717, 1.165) is 0 Å². The number of carbonyl (C=O) groups excluding carboxylic acids is 2. The van der Waals surface area contributed by atoms with Gasteiger partial charge in [-0.25, -0.2) is 8.42 Å². The molecule has 0 aliphatic rings. The number of sulfonamides is 1. The van der Waals surface area contributed by atoms with E-state index in [9.17, 15) is 18.0 Å². The lowest BCUT2D eigenvalue weighted by Crippen LogP contribution is -2.42. The van der Waals surface area contributed by atoms with Crippen LogP contribution in [0.5, 0.6) is 11.5 Å². The van der Waals surface area contributed by atoms with Crippen LogP contribution in [0.1, 0.15) is 13.8 Å². The predicted octanol–water partition coefficient (Wildman–Crippen LogP) is 2.59. The molecule has 2 unspecified atom stereocenters. The molecule has 31 heavy (non-hydrogen) atoms. The average molecular weight is 471 g/mol. The quantitative estimate of drug-likeness (QED) is 0.540. The molecule has 0 fully saturated rings. The topological polar surface area (TPSA) is 120 Å². The molecular formula is C20H23ClN2O7S. The van der Waals surface area contributed by atoms with Gasteiger partial charge in [-0.05, 0) is 56.3 Å². The second kappa shape index (κ2) is 10.5. The van der Waals surface area contributed by atoms with Gasteiger partial charge in [0, 0.05) is 5.02 Å². The molecule has 0 spiro atoms. The van der Waals surface area contributed by atoms with Crippen molar-refractivity contribution in [2.75, 3.05) is 19.5 Å². The number of rotatable bonds is 9. The predicted molar refractivity (Wildman–Crippen MR) is 115 cm³/mol. The summed E-state index contributed by atoms with van der Waals surface area (Å²) < 4.78 is 42.3. The molecular weight excluding hydrogens is 448 g/mol. The van der Waals surface area contributed by atoms with E-state index < -0.39 is 34.0 Å². The summed E-state index contributed by atoms with van der Waals surface area (Å²) in [5.74, 6) is -0.698. The van der Waals surface area contributed by atoms with Crippen LogP contribution in [0.4, 0.5) is 5.69 Å². The third-order valence-electron chi connectivity index (χ3n) is 4.14. The van der Waals surface area contributed by atoms with Gasteiger partial charge in [0.1, 0.15) is 17.5 Å². The van der Waals surface area contributed by atoms with Crippen LogP contribution in [-0.2, 0) is 24.3 Å². The molecule has 0 aliphatic heterocycles. The first-order chi connectivity index (χ1) is 14.6. The number of anilines is 1. The number of hydrogen-bond donors (Lipinski definition) is 2. The van der Waals surface area contributed by atoms with Gasteiger partial charge in [0.05, 0.1) is 24.8 Å². The molecule has 2 N–H and O–H groups in total. The van der Waals surface area contributed by atoms with Gasteiger partial charge < -0.3 is 19.5 Å². The number of esters is 1. The molecule has 0 aromatic heterocycles. The minimum atomic E-state index is -3.99. The molecule has 2 aromatic rings. The van der Waals surface area contributed by atoms with Crippen LogP contribution >= 0.6 is 11.6 Å². The van der Waals surface area contributed by atoms with Crippen molar-refractivity contribution in [1.82, 2.24) is 4.72 Å². The SMILES string of the molecule is COc1ccc(S(=O)(=O)NC(C)C(=O)OC(C)C(=O)Nc2cc(Cl)ccc2OC)cc1. The zero-order chi connectivity index (χ0) is 23.2. The van der Waals surface area contributed by atoms with Gasteiger partial charge in [0.25, 0.3) is 5.91 Å². The summed E-state index contributed by atoms with van der Waals surface area (Å²) in [5.41, 5.74) is 0.302. The van der Waals surface area contributed by atoms with Gasteiger partial charge in [-0.2, -0.15) is 4.72 Å². The van der Waals surface area contributed by atoms with Crippen molar-refractivity contribution >= 4 is 39.2 Å². The third kappa shape index (κ3) is 6.58. The van der Waals surface area contributed by atoms with Crippen molar-refractivity contribution < 1.29 is 32.2 Å². The number of benzene rings is 2. The smallest absolute Gasteiger partial charge is 0.324 e. The van der Waals surface area contributed by atoms with E-state index in [4.69, 9.17) is 25.8 Å². The standard InChI is InChI=1S/C20H23ClN2O7S/c1-12(23-31(26,27)16-8-6-15(28-3)7-9-16)20(25)30-13(2)19(24)22-17-11-14(21)5-10-18(17)29-4/h5-13,23H,1-4H3,(H,22,24). The average Bonchev–Trinajstić information content (AvgIpc) is 2.73. The van der Waals surface area contributed by atoms with Crippen LogP contribution < -0.4 is 19.5 Å². The van der Waals surface area contributed by atoms with Gasteiger partial charge in [-0.3, -0.25) is 9.59 Å². The van der Waals surface area contributed by atoms with E-state index in [1.165, 1.54) is 58.4 Å². The van der Waals surface area contributed by atoms with E-state index in [1.54, 1.807) is 12.1 Å². The highest BCUT2D eigenvalue weighted by molar-refractivity contribution is 7.89. The van der Waals surface area contributed by atoms with Crippen LogP contribution in [0.25, 0.3) is 0 Å². The fourth-order valence-corrected chi connectivity index (χ4v) is 3.81. The molecule has 11 heteroatoms.